The van der Waals surface area contributed by atoms with Crippen molar-refractivity contribution >= 4 is 17.7 Å². The van der Waals surface area contributed by atoms with Gasteiger partial charge in [0.05, 0.1) is 0 Å². The number of rotatable bonds is 4. The minimum absolute atomic E-state index is 0.0609. The van der Waals surface area contributed by atoms with E-state index in [0.29, 0.717) is 45.6 Å². The van der Waals surface area contributed by atoms with Crippen molar-refractivity contribution in [1.82, 2.24) is 14.7 Å². The first kappa shape index (κ1) is 21.7. The van der Waals surface area contributed by atoms with Gasteiger partial charge in [-0.1, -0.05) is 48.0 Å². The Hall–Kier alpha value is -3.15. The molecule has 33 heavy (non-hydrogen) atoms. The predicted molar refractivity (Wildman–Crippen MR) is 125 cm³/mol. The maximum atomic E-state index is 13.5. The molecule has 0 radical (unpaired) electrons. The predicted octanol–water partition coefficient (Wildman–Crippen LogP) is 3.11. The SMILES string of the molecule is Cc1ccc(CN2C(=O)CCC2C(=O)N2CC3CC(CN(C(=O)c4ccccc4)C3)C2)cc1. The number of nitrogens with zero attached hydrogens (tertiary/aromatic N) is 3. The van der Waals surface area contributed by atoms with Gasteiger partial charge >= 0.3 is 0 Å². The molecule has 5 rings (SSSR count). The van der Waals surface area contributed by atoms with Crippen LogP contribution in [-0.2, 0) is 16.1 Å². The van der Waals surface area contributed by atoms with Crippen LogP contribution in [0.1, 0.15) is 40.7 Å². The molecule has 2 bridgehead atoms. The van der Waals surface area contributed by atoms with Crippen LogP contribution in [0, 0.1) is 18.8 Å². The van der Waals surface area contributed by atoms with E-state index in [1.165, 1.54) is 5.56 Å². The van der Waals surface area contributed by atoms with E-state index in [0.717, 1.165) is 17.5 Å². The van der Waals surface area contributed by atoms with Crippen LogP contribution >= 0.6 is 0 Å². The average molecular weight is 446 g/mol. The molecule has 2 aromatic carbocycles. The van der Waals surface area contributed by atoms with E-state index in [-0.39, 0.29) is 35.6 Å². The smallest absolute Gasteiger partial charge is 0.253 e. The summed E-state index contributed by atoms with van der Waals surface area (Å²) in [6, 6.07) is 17.2. The monoisotopic (exact) mass is 445 g/mol. The van der Waals surface area contributed by atoms with Crippen molar-refractivity contribution in [2.75, 3.05) is 26.2 Å². The van der Waals surface area contributed by atoms with Gasteiger partial charge in [0, 0.05) is 44.7 Å². The molecule has 3 heterocycles. The third-order valence-electron chi connectivity index (χ3n) is 7.29. The summed E-state index contributed by atoms with van der Waals surface area (Å²) in [4.78, 5) is 44.7. The molecule has 3 saturated heterocycles. The van der Waals surface area contributed by atoms with E-state index in [4.69, 9.17) is 0 Å². The summed E-state index contributed by atoms with van der Waals surface area (Å²) in [5.74, 6) is 0.792. The molecule has 0 spiro atoms. The Balaban J connectivity index is 1.24. The van der Waals surface area contributed by atoms with Gasteiger partial charge in [-0.15, -0.1) is 0 Å². The summed E-state index contributed by atoms with van der Waals surface area (Å²) in [5.41, 5.74) is 2.96. The van der Waals surface area contributed by atoms with Gasteiger partial charge < -0.3 is 14.7 Å². The van der Waals surface area contributed by atoms with Crippen LogP contribution in [0.25, 0.3) is 0 Å². The van der Waals surface area contributed by atoms with Crippen molar-refractivity contribution in [3.8, 4) is 0 Å². The number of hydrogen-bond acceptors (Lipinski definition) is 3. The Bertz CT molecular complexity index is 1020. The highest BCUT2D eigenvalue weighted by Gasteiger charge is 2.43. The van der Waals surface area contributed by atoms with E-state index in [9.17, 15) is 14.4 Å². The molecular formula is C27H31N3O3. The number of likely N-dealkylation sites (tertiary alicyclic amines) is 3. The van der Waals surface area contributed by atoms with E-state index < -0.39 is 0 Å². The summed E-state index contributed by atoms with van der Waals surface area (Å²) in [6.45, 7) is 5.22. The van der Waals surface area contributed by atoms with Crippen molar-refractivity contribution in [3.63, 3.8) is 0 Å². The highest BCUT2D eigenvalue weighted by Crippen LogP contribution is 2.32. The highest BCUT2D eigenvalue weighted by atomic mass is 16.2. The van der Waals surface area contributed by atoms with Crippen LogP contribution in [0.2, 0.25) is 0 Å². The fraction of sp³-hybridized carbons (Fsp3) is 0.444. The van der Waals surface area contributed by atoms with Gasteiger partial charge in [-0.25, -0.2) is 0 Å². The molecule has 0 aromatic heterocycles. The molecule has 3 fully saturated rings. The topological polar surface area (TPSA) is 60.9 Å². The second-order valence-electron chi connectivity index (χ2n) is 9.85. The Morgan fingerprint density at radius 3 is 2.18 bits per heavy atom. The minimum Gasteiger partial charge on any atom is -0.340 e. The lowest BCUT2D eigenvalue weighted by molar-refractivity contribution is -0.144. The summed E-state index contributed by atoms with van der Waals surface area (Å²) in [7, 11) is 0. The summed E-state index contributed by atoms with van der Waals surface area (Å²) < 4.78 is 0. The molecule has 2 aromatic rings. The summed E-state index contributed by atoms with van der Waals surface area (Å²) in [6.07, 6.45) is 2.08. The third kappa shape index (κ3) is 4.52. The first-order valence-electron chi connectivity index (χ1n) is 12.0. The molecule has 3 atom stereocenters. The molecule has 3 amide bonds. The van der Waals surface area contributed by atoms with Gasteiger partial charge in [0.1, 0.15) is 6.04 Å². The standard InChI is InChI=1S/C27H31N3O3/c1-19-7-9-20(10-8-19)18-30-24(11-12-25(30)31)27(33)29-16-21-13-22(17-29)15-28(14-21)26(32)23-5-3-2-4-6-23/h2-10,21-22,24H,11-18H2,1H3. The second-order valence-corrected chi connectivity index (χ2v) is 9.85. The largest absolute Gasteiger partial charge is 0.340 e. The van der Waals surface area contributed by atoms with Crippen LogP contribution in [-0.4, -0.2) is 64.6 Å². The molecule has 3 aliphatic heterocycles. The molecule has 6 heteroatoms. The van der Waals surface area contributed by atoms with Gasteiger partial charge in [0.2, 0.25) is 11.8 Å². The number of aryl methyl sites for hydroxylation is 1. The van der Waals surface area contributed by atoms with Gasteiger partial charge in [-0.3, -0.25) is 14.4 Å². The van der Waals surface area contributed by atoms with Gasteiger partial charge in [0.25, 0.3) is 5.91 Å². The van der Waals surface area contributed by atoms with Gasteiger partial charge in [-0.2, -0.15) is 0 Å². The van der Waals surface area contributed by atoms with Crippen molar-refractivity contribution in [2.45, 2.75) is 38.8 Å². The molecule has 0 aliphatic carbocycles. The minimum atomic E-state index is -0.375. The lowest BCUT2D eigenvalue weighted by Crippen LogP contribution is -2.58. The molecule has 6 nitrogen and oxygen atoms in total. The Morgan fingerprint density at radius 1 is 0.879 bits per heavy atom. The van der Waals surface area contributed by atoms with Gasteiger partial charge in [-0.05, 0) is 49.3 Å². The van der Waals surface area contributed by atoms with Crippen LogP contribution in [0.15, 0.2) is 54.6 Å². The number of benzene rings is 2. The Kier molecular flexibility index (Phi) is 5.92. The lowest BCUT2D eigenvalue weighted by Gasteiger charge is -2.46. The second kappa shape index (κ2) is 9.00. The zero-order valence-corrected chi connectivity index (χ0v) is 19.2. The Morgan fingerprint density at radius 2 is 1.52 bits per heavy atom. The van der Waals surface area contributed by atoms with Crippen LogP contribution in [0.3, 0.4) is 0 Å². The first-order chi connectivity index (χ1) is 16.0. The van der Waals surface area contributed by atoms with E-state index >= 15 is 0 Å². The number of piperidine rings is 2. The lowest BCUT2D eigenvalue weighted by atomic mass is 9.84. The maximum absolute atomic E-state index is 13.5. The summed E-state index contributed by atoms with van der Waals surface area (Å²) in [5, 5.41) is 0. The fourth-order valence-corrected chi connectivity index (χ4v) is 5.68. The molecule has 3 unspecified atom stereocenters. The number of amides is 3. The molecule has 172 valence electrons. The Labute approximate surface area is 195 Å². The number of carbonyl (C=O) groups excluding carboxylic acids is 3. The molecule has 0 saturated carbocycles. The zero-order chi connectivity index (χ0) is 22.9. The van der Waals surface area contributed by atoms with Crippen LogP contribution in [0.4, 0.5) is 0 Å². The number of fused-ring (bicyclic) bond motifs is 2. The van der Waals surface area contributed by atoms with E-state index in [1.807, 2.05) is 71.3 Å². The third-order valence-corrected chi connectivity index (χ3v) is 7.29. The fourth-order valence-electron chi connectivity index (χ4n) is 5.68. The van der Waals surface area contributed by atoms with Gasteiger partial charge in [0.15, 0.2) is 0 Å². The molecular weight excluding hydrogens is 414 g/mol. The van der Waals surface area contributed by atoms with Crippen molar-refractivity contribution in [2.24, 2.45) is 11.8 Å². The molecule has 0 N–H and O–H groups in total. The normalized spacial score (nSPS) is 24.8. The average Bonchev–Trinajstić information content (AvgIpc) is 3.19. The number of carbonyl (C=O) groups is 3. The van der Waals surface area contributed by atoms with E-state index in [2.05, 4.69) is 0 Å². The molecule has 3 aliphatic rings. The van der Waals surface area contributed by atoms with E-state index in [1.54, 1.807) is 4.90 Å². The first-order valence-corrected chi connectivity index (χ1v) is 12.0. The maximum Gasteiger partial charge on any atom is 0.253 e. The quantitative estimate of drug-likeness (QED) is 0.727. The van der Waals surface area contributed by atoms with Crippen molar-refractivity contribution < 1.29 is 14.4 Å². The highest BCUT2D eigenvalue weighted by molar-refractivity contribution is 5.94. The zero-order valence-electron chi connectivity index (χ0n) is 19.2. The number of hydrogen-bond donors (Lipinski definition) is 0. The van der Waals surface area contributed by atoms with Crippen molar-refractivity contribution in [3.05, 3.63) is 71.3 Å². The van der Waals surface area contributed by atoms with Crippen molar-refractivity contribution in [1.29, 1.82) is 0 Å². The summed E-state index contributed by atoms with van der Waals surface area (Å²) >= 11 is 0. The van der Waals surface area contributed by atoms with Crippen LogP contribution in [0.5, 0.6) is 0 Å². The van der Waals surface area contributed by atoms with Crippen LogP contribution < -0.4 is 0 Å².